The summed E-state index contributed by atoms with van der Waals surface area (Å²) in [6.07, 6.45) is 5.35. The number of rotatable bonds is 5. The molecule has 2 rings (SSSR count). The highest BCUT2D eigenvalue weighted by molar-refractivity contribution is 7.16. The first-order chi connectivity index (χ1) is 9.15. The van der Waals surface area contributed by atoms with Crippen LogP contribution in [-0.4, -0.2) is 30.4 Å². The average Bonchev–Trinajstić information content (AvgIpc) is 2.82. The Hall–Kier alpha value is -0.580. The Balaban J connectivity index is 1.72. The molecule has 1 aromatic heterocycles. The largest absolute Gasteiger partial charge is 0.341 e. The van der Waals surface area contributed by atoms with Gasteiger partial charge in [-0.3, -0.25) is 4.79 Å². The maximum Gasteiger partial charge on any atom is 0.222 e. The van der Waals surface area contributed by atoms with Gasteiger partial charge in [0.15, 0.2) is 0 Å². The fourth-order valence-electron chi connectivity index (χ4n) is 2.42. The summed E-state index contributed by atoms with van der Waals surface area (Å²) in [5.41, 5.74) is 0. The van der Waals surface area contributed by atoms with E-state index in [1.807, 2.05) is 19.2 Å². The van der Waals surface area contributed by atoms with E-state index in [2.05, 4.69) is 5.32 Å². The molecule has 3 nitrogen and oxygen atoms in total. The molecule has 0 aliphatic carbocycles. The molecule has 1 N–H and O–H groups in total. The second kappa shape index (κ2) is 7.27. The van der Waals surface area contributed by atoms with Crippen LogP contribution in [0, 0.1) is 0 Å². The lowest BCUT2D eigenvalue weighted by atomic mass is 10.0. The zero-order valence-electron chi connectivity index (χ0n) is 11.3. The van der Waals surface area contributed by atoms with E-state index < -0.39 is 0 Å². The quantitative estimate of drug-likeness (QED) is 0.905. The van der Waals surface area contributed by atoms with E-state index in [-0.39, 0.29) is 5.91 Å². The minimum Gasteiger partial charge on any atom is -0.341 e. The van der Waals surface area contributed by atoms with Gasteiger partial charge in [-0.05, 0) is 37.9 Å². The maximum atomic E-state index is 12.1. The third-order valence-corrected chi connectivity index (χ3v) is 4.78. The van der Waals surface area contributed by atoms with E-state index >= 15 is 0 Å². The van der Waals surface area contributed by atoms with Gasteiger partial charge in [0.1, 0.15) is 0 Å². The number of hydrogen-bond acceptors (Lipinski definition) is 3. The van der Waals surface area contributed by atoms with Crippen molar-refractivity contribution in [2.45, 2.75) is 44.7 Å². The predicted molar refractivity (Wildman–Crippen MR) is 80.7 cm³/mol. The molecular formula is C14H21ClN2OS. The maximum absolute atomic E-state index is 12.1. The van der Waals surface area contributed by atoms with Gasteiger partial charge in [-0.2, -0.15) is 0 Å². The first-order valence-corrected chi connectivity index (χ1v) is 8.06. The third-order valence-electron chi connectivity index (χ3n) is 3.57. The number of amides is 1. The highest BCUT2D eigenvalue weighted by atomic mass is 35.5. The molecule has 2 heterocycles. The van der Waals surface area contributed by atoms with Crippen LogP contribution in [0.15, 0.2) is 12.1 Å². The number of nitrogens with one attached hydrogen (secondary N) is 1. The van der Waals surface area contributed by atoms with E-state index in [4.69, 9.17) is 11.6 Å². The first-order valence-electron chi connectivity index (χ1n) is 6.86. The smallest absolute Gasteiger partial charge is 0.222 e. The molecule has 1 fully saturated rings. The molecule has 5 heteroatoms. The molecule has 0 spiro atoms. The lowest BCUT2D eigenvalue weighted by Gasteiger charge is -2.24. The van der Waals surface area contributed by atoms with Crippen LogP contribution in [0.25, 0.3) is 0 Å². The van der Waals surface area contributed by atoms with Crippen molar-refractivity contribution in [3.05, 3.63) is 21.3 Å². The van der Waals surface area contributed by atoms with Gasteiger partial charge in [0.25, 0.3) is 0 Å². The van der Waals surface area contributed by atoms with E-state index in [0.717, 1.165) is 22.2 Å². The molecule has 1 atom stereocenters. The molecule has 0 bridgehead atoms. The topological polar surface area (TPSA) is 32.3 Å². The molecule has 0 saturated carbocycles. The van der Waals surface area contributed by atoms with Gasteiger partial charge in [0.2, 0.25) is 5.91 Å². The van der Waals surface area contributed by atoms with Gasteiger partial charge in [0.05, 0.1) is 10.9 Å². The molecule has 1 aromatic rings. The summed E-state index contributed by atoms with van der Waals surface area (Å²) in [5.74, 6) is 0.219. The minimum atomic E-state index is 0.219. The summed E-state index contributed by atoms with van der Waals surface area (Å²) in [5, 5.41) is 3.48. The van der Waals surface area contributed by atoms with Crippen LogP contribution in [0.5, 0.6) is 0 Å². The number of carbonyl (C=O) groups is 1. The fourth-order valence-corrected chi connectivity index (χ4v) is 3.56. The van der Waals surface area contributed by atoms with Gasteiger partial charge in [0, 0.05) is 24.4 Å². The number of thiophene rings is 1. The molecular weight excluding hydrogens is 280 g/mol. The second-order valence-corrected chi connectivity index (χ2v) is 6.94. The summed E-state index contributed by atoms with van der Waals surface area (Å²) in [7, 11) is 1.87. The van der Waals surface area contributed by atoms with Crippen molar-refractivity contribution in [1.82, 2.24) is 10.2 Å². The standard InChI is InChI=1S/C14H21ClN2OS/c1-17(10-12-6-7-13(15)19-12)14(18)8-5-11-4-2-3-9-16-11/h6-7,11,16H,2-5,8-10H2,1H3. The number of nitrogens with zero attached hydrogens (tertiary/aromatic N) is 1. The van der Waals surface area contributed by atoms with E-state index in [0.29, 0.717) is 19.0 Å². The SMILES string of the molecule is CN(Cc1ccc(Cl)s1)C(=O)CCC1CCCCN1. The van der Waals surface area contributed by atoms with Crippen molar-refractivity contribution in [2.75, 3.05) is 13.6 Å². The number of piperidine rings is 1. The lowest BCUT2D eigenvalue weighted by molar-refractivity contribution is -0.130. The molecule has 1 aliphatic rings. The lowest BCUT2D eigenvalue weighted by Crippen LogP contribution is -2.35. The van der Waals surface area contributed by atoms with Crippen molar-refractivity contribution in [3.63, 3.8) is 0 Å². The molecule has 0 aromatic carbocycles. The molecule has 1 unspecified atom stereocenters. The fraction of sp³-hybridized carbons (Fsp3) is 0.643. The van der Waals surface area contributed by atoms with E-state index in [1.165, 1.54) is 30.6 Å². The summed E-state index contributed by atoms with van der Waals surface area (Å²) < 4.78 is 0.780. The van der Waals surface area contributed by atoms with Crippen LogP contribution in [0.4, 0.5) is 0 Å². The van der Waals surface area contributed by atoms with Crippen molar-refractivity contribution in [3.8, 4) is 0 Å². The second-order valence-electron chi connectivity index (χ2n) is 5.14. The van der Waals surface area contributed by atoms with Crippen LogP contribution in [0.1, 0.15) is 37.0 Å². The monoisotopic (exact) mass is 300 g/mol. The predicted octanol–water partition coefficient (Wildman–Crippen LogP) is 3.28. The highest BCUT2D eigenvalue weighted by Gasteiger charge is 2.16. The number of hydrogen-bond donors (Lipinski definition) is 1. The van der Waals surface area contributed by atoms with Crippen LogP contribution in [-0.2, 0) is 11.3 Å². The summed E-state index contributed by atoms with van der Waals surface area (Å²) in [6, 6.07) is 4.40. The van der Waals surface area contributed by atoms with Gasteiger partial charge < -0.3 is 10.2 Å². The van der Waals surface area contributed by atoms with Crippen molar-refractivity contribution >= 4 is 28.8 Å². The van der Waals surface area contributed by atoms with Crippen LogP contribution < -0.4 is 5.32 Å². The molecule has 1 saturated heterocycles. The van der Waals surface area contributed by atoms with Gasteiger partial charge in [-0.15, -0.1) is 11.3 Å². The molecule has 19 heavy (non-hydrogen) atoms. The van der Waals surface area contributed by atoms with Crippen LogP contribution in [0.2, 0.25) is 4.34 Å². The zero-order valence-corrected chi connectivity index (χ0v) is 12.9. The van der Waals surface area contributed by atoms with Crippen LogP contribution in [0.3, 0.4) is 0 Å². The minimum absolute atomic E-state index is 0.219. The Morgan fingerprint density at radius 3 is 3.00 bits per heavy atom. The number of carbonyl (C=O) groups excluding carboxylic acids is 1. The Morgan fingerprint density at radius 2 is 2.37 bits per heavy atom. The first kappa shape index (κ1) is 14.8. The van der Waals surface area contributed by atoms with E-state index in [1.54, 1.807) is 4.90 Å². The molecule has 106 valence electrons. The summed E-state index contributed by atoms with van der Waals surface area (Å²) in [6.45, 7) is 1.76. The van der Waals surface area contributed by atoms with Gasteiger partial charge >= 0.3 is 0 Å². The Kier molecular flexibility index (Phi) is 5.67. The zero-order chi connectivity index (χ0) is 13.7. The highest BCUT2D eigenvalue weighted by Crippen LogP contribution is 2.22. The number of halogens is 1. The normalized spacial score (nSPS) is 19.4. The van der Waals surface area contributed by atoms with Crippen LogP contribution >= 0.6 is 22.9 Å². The van der Waals surface area contributed by atoms with Gasteiger partial charge in [-0.1, -0.05) is 18.0 Å². The Labute approximate surface area is 123 Å². The van der Waals surface area contributed by atoms with Crippen molar-refractivity contribution < 1.29 is 4.79 Å². The molecule has 1 amide bonds. The van der Waals surface area contributed by atoms with Crippen molar-refractivity contribution in [1.29, 1.82) is 0 Å². The molecule has 0 radical (unpaired) electrons. The van der Waals surface area contributed by atoms with Gasteiger partial charge in [-0.25, -0.2) is 0 Å². The molecule has 1 aliphatic heterocycles. The average molecular weight is 301 g/mol. The van der Waals surface area contributed by atoms with Crippen molar-refractivity contribution in [2.24, 2.45) is 0 Å². The summed E-state index contributed by atoms with van der Waals surface area (Å²) in [4.78, 5) is 15.0. The Bertz CT molecular complexity index is 415. The Morgan fingerprint density at radius 1 is 1.53 bits per heavy atom. The third kappa shape index (κ3) is 4.79. The summed E-state index contributed by atoms with van der Waals surface area (Å²) >= 11 is 7.43. The van der Waals surface area contributed by atoms with E-state index in [9.17, 15) is 4.79 Å².